The van der Waals surface area contributed by atoms with Crippen LogP contribution in [0.5, 0.6) is 0 Å². The van der Waals surface area contributed by atoms with Crippen molar-refractivity contribution in [3.05, 3.63) is 70.5 Å². The molecule has 0 heterocycles. The van der Waals surface area contributed by atoms with E-state index in [2.05, 4.69) is 5.32 Å². The molecule has 23 heavy (non-hydrogen) atoms. The van der Waals surface area contributed by atoms with E-state index in [0.717, 1.165) is 11.1 Å². The molecule has 0 saturated carbocycles. The van der Waals surface area contributed by atoms with Gasteiger partial charge < -0.3 is 10.2 Å². The first kappa shape index (κ1) is 17.4. The number of likely N-dealkylation sites (N-methyl/N-ethyl adjacent to an activating group) is 1. The molecule has 1 unspecified atom stereocenters. The molecule has 1 amide bonds. The number of carbonyl (C=O) groups is 1. The van der Waals surface area contributed by atoms with Gasteiger partial charge in [-0.25, -0.2) is 4.39 Å². The highest BCUT2D eigenvalue weighted by molar-refractivity contribution is 6.30. The molecule has 2 aromatic carbocycles. The third-order valence-electron chi connectivity index (χ3n) is 3.63. The number of hydrogen-bond donors (Lipinski definition) is 1. The molecule has 0 bridgehead atoms. The van der Waals surface area contributed by atoms with Crippen molar-refractivity contribution in [3.8, 4) is 0 Å². The summed E-state index contributed by atoms with van der Waals surface area (Å²) in [6.07, 6.45) is 0.292. The van der Waals surface area contributed by atoms with Crippen LogP contribution < -0.4 is 5.32 Å². The predicted octanol–water partition coefficient (Wildman–Crippen LogP) is 3.44. The number of rotatable bonds is 6. The largest absolute Gasteiger partial charge is 0.354 e. The second-order valence-corrected chi connectivity index (χ2v) is 6.08. The number of nitrogens with zero attached hydrogens (tertiary/aromatic N) is 1. The highest BCUT2D eigenvalue weighted by Crippen LogP contribution is 2.18. The van der Waals surface area contributed by atoms with Crippen molar-refractivity contribution in [2.24, 2.45) is 0 Å². The molecular formula is C18H20ClFN2O. The van der Waals surface area contributed by atoms with Crippen molar-refractivity contribution in [2.75, 3.05) is 20.6 Å². The van der Waals surface area contributed by atoms with Crippen LogP contribution in [0.2, 0.25) is 5.02 Å². The maximum absolute atomic E-state index is 13.4. The maximum atomic E-state index is 13.4. The Morgan fingerprint density at radius 3 is 2.52 bits per heavy atom. The molecule has 0 aliphatic rings. The Morgan fingerprint density at radius 2 is 1.91 bits per heavy atom. The minimum atomic E-state index is -0.276. The van der Waals surface area contributed by atoms with Crippen LogP contribution >= 0.6 is 11.6 Å². The van der Waals surface area contributed by atoms with Crippen molar-refractivity contribution < 1.29 is 9.18 Å². The summed E-state index contributed by atoms with van der Waals surface area (Å²) in [5.41, 5.74) is 1.74. The molecule has 2 aromatic rings. The first-order valence-electron chi connectivity index (χ1n) is 7.39. The zero-order valence-corrected chi connectivity index (χ0v) is 14.0. The summed E-state index contributed by atoms with van der Waals surface area (Å²) in [6.45, 7) is 0.420. The van der Waals surface area contributed by atoms with Gasteiger partial charge in [0.2, 0.25) is 5.91 Å². The number of carbonyl (C=O) groups excluding carboxylic acids is 1. The summed E-state index contributed by atoms with van der Waals surface area (Å²) in [7, 11) is 3.81. The van der Waals surface area contributed by atoms with E-state index in [1.165, 1.54) is 12.1 Å². The number of nitrogens with one attached hydrogen (secondary N) is 1. The third-order valence-corrected chi connectivity index (χ3v) is 3.88. The number of benzene rings is 2. The van der Waals surface area contributed by atoms with Gasteiger partial charge in [0.25, 0.3) is 0 Å². The van der Waals surface area contributed by atoms with E-state index in [9.17, 15) is 9.18 Å². The first-order chi connectivity index (χ1) is 11.0. The zero-order valence-electron chi connectivity index (χ0n) is 13.2. The number of hydrogen-bond acceptors (Lipinski definition) is 2. The van der Waals surface area contributed by atoms with Crippen LogP contribution in [0.25, 0.3) is 0 Å². The molecule has 0 aliphatic heterocycles. The van der Waals surface area contributed by atoms with Gasteiger partial charge in [0.05, 0.1) is 12.5 Å². The smallest absolute Gasteiger partial charge is 0.224 e. The lowest BCUT2D eigenvalue weighted by Gasteiger charge is -2.25. The van der Waals surface area contributed by atoms with Gasteiger partial charge in [-0.1, -0.05) is 35.9 Å². The first-order valence-corrected chi connectivity index (χ1v) is 7.76. The molecule has 122 valence electrons. The van der Waals surface area contributed by atoms with Gasteiger partial charge in [0.15, 0.2) is 0 Å². The van der Waals surface area contributed by atoms with Crippen LogP contribution in [0.1, 0.15) is 17.2 Å². The van der Waals surface area contributed by atoms with E-state index >= 15 is 0 Å². The van der Waals surface area contributed by atoms with Crippen molar-refractivity contribution >= 4 is 17.5 Å². The molecule has 1 N–H and O–H groups in total. The molecule has 1 atom stereocenters. The lowest BCUT2D eigenvalue weighted by Crippen LogP contribution is -2.35. The normalized spacial score (nSPS) is 12.2. The molecule has 0 fully saturated rings. The molecule has 5 heteroatoms. The summed E-state index contributed by atoms with van der Waals surface area (Å²) in [5, 5.41) is 3.56. The van der Waals surface area contributed by atoms with E-state index in [1.807, 2.05) is 37.2 Å². The Bertz CT molecular complexity index is 658. The fourth-order valence-corrected chi connectivity index (χ4v) is 2.50. The van der Waals surface area contributed by atoms with Crippen LogP contribution in [-0.2, 0) is 11.2 Å². The zero-order chi connectivity index (χ0) is 16.8. The Balaban J connectivity index is 1.96. The average Bonchev–Trinajstić information content (AvgIpc) is 2.49. The summed E-state index contributed by atoms with van der Waals surface area (Å²) in [4.78, 5) is 14.0. The Labute approximate surface area is 141 Å². The van der Waals surface area contributed by atoms with Crippen LogP contribution in [0.4, 0.5) is 4.39 Å². The molecule has 0 aliphatic carbocycles. The van der Waals surface area contributed by atoms with Gasteiger partial charge in [-0.05, 0) is 49.5 Å². The van der Waals surface area contributed by atoms with Crippen LogP contribution in [0.3, 0.4) is 0 Å². The standard InChI is InChI=1S/C18H20ClFN2O/c1-22(2)17(14-4-3-5-16(20)11-14)12-21-18(23)10-13-6-8-15(19)9-7-13/h3-9,11,17H,10,12H2,1-2H3,(H,21,23). The van der Waals surface area contributed by atoms with Gasteiger partial charge in [0, 0.05) is 11.6 Å². The lowest BCUT2D eigenvalue weighted by molar-refractivity contribution is -0.120. The van der Waals surface area contributed by atoms with E-state index in [-0.39, 0.29) is 17.8 Å². The van der Waals surface area contributed by atoms with Gasteiger partial charge in [-0.15, -0.1) is 0 Å². The van der Waals surface area contributed by atoms with Crippen LogP contribution in [0, 0.1) is 5.82 Å². The van der Waals surface area contributed by atoms with Crippen molar-refractivity contribution in [3.63, 3.8) is 0 Å². The highest BCUT2D eigenvalue weighted by atomic mass is 35.5. The topological polar surface area (TPSA) is 32.3 Å². The quantitative estimate of drug-likeness (QED) is 0.877. The van der Waals surface area contributed by atoms with Gasteiger partial charge >= 0.3 is 0 Å². The van der Waals surface area contributed by atoms with E-state index < -0.39 is 0 Å². The SMILES string of the molecule is CN(C)C(CNC(=O)Cc1ccc(Cl)cc1)c1cccc(F)c1. The van der Waals surface area contributed by atoms with Crippen molar-refractivity contribution in [1.29, 1.82) is 0 Å². The average molecular weight is 335 g/mol. The summed E-state index contributed by atoms with van der Waals surface area (Å²) in [6, 6.07) is 13.6. The molecule has 0 saturated heterocycles. The third kappa shape index (κ3) is 5.34. The van der Waals surface area contributed by atoms with Crippen molar-refractivity contribution in [1.82, 2.24) is 10.2 Å². The minimum absolute atomic E-state index is 0.0735. The van der Waals surface area contributed by atoms with Crippen LogP contribution in [-0.4, -0.2) is 31.4 Å². The highest BCUT2D eigenvalue weighted by Gasteiger charge is 2.16. The molecular weight excluding hydrogens is 315 g/mol. The summed E-state index contributed by atoms with van der Waals surface area (Å²) >= 11 is 5.83. The second kappa shape index (κ2) is 8.09. The Kier molecular flexibility index (Phi) is 6.13. The van der Waals surface area contributed by atoms with Crippen LogP contribution in [0.15, 0.2) is 48.5 Å². The predicted molar refractivity (Wildman–Crippen MR) is 91.0 cm³/mol. The van der Waals surface area contributed by atoms with E-state index in [1.54, 1.807) is 18.2 Å². The fraction of sp³-hybridized carbons (Fsp3) is 0.278. The molecule has 2 rings (SSSR count). The summed E-state index contributed by atoms with van der Waals surface area (Å²) < 4.78 is 13.4. The second-order valence-electron chi connectivity index (χ2n) is 5.64. The number of halogens is 2. The van der Waals surface area contributed by atoms with E-state index in [0.29, 0.717) is 18.0 Å². The molecule has 0 aromatic heterocycles. The molecule has 0 radical (unpaired) electrons. The Hall–Kier alpha value is -1.91. The van der Waals surface area contributed by atoms with Gasteiger partial charge in [-0.2, -0.15) is 0 Å². The van der Waals surface area contributed by atoms with Gasteiger partial charge in [0.1, 0.15) is 5.82 Å². The fourth-order valence-electron chi connectivity index (χ4n) is 2.37. The molecule has 3 nitrogen and oxygen atoms in total. The Morgan fingerprint density at radius 1 is 1.22 bits per heavy atom. The lowest BCUT2D eigenvalue weighted by atomic mass is 10.1. The monoisotopic (exact) mass is 334 g/mol. The molecule has 0 spiro atoms. The van der Waals surface area contributed by atoms with Crippen molar-refractivity contribution in [2.45, 2.75) is 12.5 Å². The minimum Gasteiger partial charge on any atom is -0.354 e. The maximum Gasteiger partial charge on any atom is 0.224 e. The van der Waals surface area contributed by atoms with E-state index in [4.69, 9.17) is 11.6 Å². The summed E-state index contributed by atoms with van der Waals surface area (Å²) in [5.74, 6) is -0.350. The number of amides is 1. The van der Waals surface area contributed by atoms with Gasteiger partial charge in [-0.3, -0.25) is 4.79 Å².